The molecule has 0 spiro atoms. The van der Waals surface area contributed by atoms with Gasteiger partial charge in [0.1, 0.15) is 11.3 Å². The number of nitrogens with one attached hydrogen (secondary N) is 1. The largest absolute Gasteiger partial charge is 0.380 e. The standard InChI is InChI=1S/C15H16FN3O2S/c16-9-5-10(14-11(6-9)17-8-18-14)15(20)19-2-4-22-13-7-21-3-1-12(13)19/h5-6,8,12-13H,1-4,7H2,(H,17,18)/t12-,13-/m0/s1. The number of fused-ring (bicyclic) bond motifs is 2. The molecule has 1 amide bonds. The molecule has 116 valence electrons. The van der Waals surface area contributed by atoms with Crippen molar-refractivity contribution in [2.75, 3.05) is 25.5 Å². The molecule has 4 rings (SSSR count). The zero-order chi connectivity index (χ0) is 15.1. The number of benzene rings is 1. The van der Waals surface area contributed by atoms with Gasteiger partial charge < -0.3 is 14.6 Å². The van der Waals surface area contributed by atoms with Gasteiger partial charge in [-0.1, -0.05) is 0 Å². The fraction of sp³-hybridized carbons (Fsp3) is 0.467. The van der Waals surface area contributed by atoms with Crippen LogP contribution in [0.5, 0.6) is 0 Å². The van der Waals surface area contributed by atoms with Crippen molar-refractivity contribution < 1.29 is 13.9 Å². The molecular weight excluding hydrogens is 305 g/mol. The number of aromatic amines is 1. The van der Waals surface area contributed by atoms with Crippen molar-refractivity contribution in [2.45, 2.75) is 17.7 Å². The molecule has 0 radical (unpaired) electrons. The Labute approximate surface area is 131 Å². The average Bonchev–Trinajstić information content (AvgIpc) is 3.01. The van der Waals surface area contributed by atoms with Gasteiger partial charge in [0.25, 0.3) is 5.91 Å². The van der Waals surface area contributed by atoms with Gasteiger partial charge in [0.2, 0.25) is 0 Å². The molecule has 2 aliphatic rings. The smallest absolute Gasteiger partial charge is 0.256 e. The van der Waals surface area contributed by atoms with Crippen molar-refractivity contribution in [3.63, 3.8) is 0 Å². The van der Waals surface area contributed by atoms with E-state index in [1.54, 1.807) is 0 Å². The highest BCUT2D eigenvalue weighted by atomic mass is 32.2. The van der Waals surface area contributed by atoms with Crippen LogP contribution in [0.3, 0.4) is 0 Å². The van der Waals surface area contributed by atoms with Gasteiger partial charge in [-0.2, -0.15) is 11.8 Å². The molecular formula is C15H16FN3O2S. The number of carbonyl (C=O) groups is 1. The number of aromatic nitrogens is 2. The highest BCUT2D eigenvalue weighted by molar-refractivity contribution is 8.00. The highest BCUT2D eigenvalue weighted by Crippen LogP contribution is 2.32. The fourth-order valence-electron chi connectivity index (χ4n) is 3.27. The third kappa shape index (κ3) is 2.28. The number of hydrogen-bond donors (Lipinski definition) is 1. The van der Waals surface area contributed by atoms with Gasteiger partial charge in [0, 0.05) is 30.2 Å². The number of amides is 1. The normalized spacial score (nSPS) is 25.2. The van der Waals surface area contributed by atoms with Gasteiger partial charge in [0.05, 0.1) is 24.0 Å². The van der Waals surface area contributed by atoms with E-state index in [2.05, 4.69) is 9.97 Å². The number of hydrogen-bond acceptors (Lipinski definition) is 4. The van der Waals surface area contributed by atoms with Crippen molar-refractivity contribution in [1.82, 2.24) is 14.9 Å². The van der Waals surface area contributed by atoms with Crippen LogP contribution >= 0.6 is 11.8 Å². The third-order valence-electron chi connectivity index (χ3n) is 4.31. The number of nitrogens with zero attached hydrogens (tertiary/aromatic N) is 2. The quantitative estimate of drug-likeness (QED) is 0.873. The van der Waals surface area contributed by atoms with Crippen molar-refractivity contribution in [3.05, 3.63) is 29.8 Å². The molecule has 22 heavy (non-hydrogen) atoms. The Hall–Kier alpha value is -1.60. The Morgan fingerprint density at radius 3 is 3.32 bits per heavy atom. The topological polar surface area (TPSA) is 58.2 Å². The SMILES string of the molecule is O=C(c1cc(F)cc2[nH]cnc12)N1CCS[C@H]2COCC[C@@H]21. The summed E-state index contributed by atoms with van der Waals surface area (Å²) in [5, 5.41) is 0.315. The molecule has 0 bridgehead atoms. The van der Waals surface area contributed by atoms with Gasteiger partial charge >= 0.3 is 0 Å². The summed E-state index contributed by atoms with van der Waals surface area (Å²) in [5.41, 5.74) is 1.43. The van der Waals surface area contributed by atoms with Gasteiger partial charge in [-0.05, 0) is 18.6 Å². The Morgan fingerprint density at radius 2 is 2.41 bits per heavy atom. The number of halogens is 1. The molecule has 1 aromatic carbocycles. The van der Waals surface area contributed by atoms with E-state index in [4.69, 9.17) is 4.74 Å². The van der Waals surface area contributed by atoms with Gasteiger partial charge in [-0.15, -0.1) is 0 Å². The maximum absolute atomic E-state index is 13.8. The van der Waals surface area contributed by atoms with Crippen molar-refractivity contribution >= 4 is 28.7 Å². The van der Waals surface area contributed by atoms with Crippen LogP contribution in [0.1, 0.15) is 16.8 Å². The molecule has 0 saturated carbocycles. The summed E-state index contributed by atoms with van der Waals surface area (Å²) >= 11 is 1.86. The maximum atomic E-state index is 13.8. The number of thioether (sulfide) groups is 1. The number of rotatable bonds is 1. The monoisotopic (exact) mass is 321 g/mol. The lowest BCUT2D eigenvalue weighted by Gasteiger charge is -2.43. The maximum Gasteiger partial charge on any atom is 0.256 e. The Bertz CT molecular complexity index is 718. The van der Waals surface area contributed by atoms with Gasteiger partial charge in [-0.25, -0.2) is 9.37 Å². The summed E-state index contributed by atoms with van der Waals surface area (Å²) in [6.45, 7) is 2.04. The second-order valence-corrected chi connectivity index (χ2v) is 6.94. The number of H-pyrrole nitrogens is 1. The number of ether oxygens (including phenoxy) is 1. The minimum Gasteiger partial charge on any atom is -0.380 e. The number of carbonyl (C=O) groups excluding carboxylic acids is 1. The number of imidazole rings is 1. The van der Waals surface area contributed by atoms with Crippen LogP contribution in [0.25, 0.3) is 11.0 Å². The van der Waals surface area contributed by atoms with Crippen molar-refractivity contribution in [1.29, 1.82) is 0 Å². The Balaban J connectivity index is 1.71. The summed E-state index contributed by atoms with van der Waals surface area (Å²) in [5.74, 6) is 0.332. The summed E-state index contributed by atoms with van der Waals surface area (Å²) in [6.07, 6.45) is 2.33. The molecule has 5 nitrogen and oxygen atoms in total. The molecule has 7 heteroatoms. The minimum absolute atomic E-state index is 0.131. The molecule has 1 N–H and O–H groups in total. The first kappa shape index (κ1) is 14.0. The predicted molar refractivity (Wildman–Crippen MR) is 82.6 cm³/mol. The lowest BCUT2D eigenvalue weighted by atomic mass is 10.0. The van der Waals surface area contributed by atoms with Crippen LogP contribution in [-0.4, -0.2) is 57.6 Å². The molecule has 2 saturated heterocycles. The van der Waals surface area contributed by atoms with Gasteiger partial charge in [-0.3, -0.25) is 4.79 Å². The zero-order valence-electron chi connectivity index (χ0n) is 11.9. The Morgan fingerprint density at radius 1 is 1.50 bits per heavy atom. The second-order valence-electron chi connectivity index (χ2n) is 5.59. The lowest BCUT2D eigenvalue weighted by Crippen LogP contribution is -2.54. The van der Waals surface area contributed by atoms with E-state index in [0.29, 0.717) is 41.6 Å². The van der Waals surface area contributed by atoms with E-state index in [9.17, 15) is 9.18 Å². The van der Waals surface area contributed by atoms with E-state index in [0.717, 1.165) is 12.2 Å². The van der Waals surface area contributed by atoms with Crippen molar-refractivity contribution in [2.24, 2.45) is 0 Å². The van der Waals surface area contributed by atoms with Crippen LogP contribution in [0.2, 0.25) is 0 Å². The van der Waals surface area contributed by atoms with Crippen LogP contribution < -0.4 is 0 Å². The molecule has 0 unspecified atom stereocenters. The molecule has 0 aliphatic carbocycles. The van der Waals surface area contributed by atoms with Crippen molar-refractivity contribution in [3.8, 4) is 0 Å². The van der Waals surface area contributed by atoms with E-state index < -0.39 is 5.82 Å². The predicted octanol–water partition coefficient (Wildman–Crippen LogP) is 2.05. The molecule has 2 fully saturated rings. The highest BCUT2D eigenvalue weighted by Gasteiger charge is 2.37. The molecule has 2 aliphatic heterocycles. The summed E-state index contributed by atoms with van der Waals surface area (Å²) < 4.78 is 19.3. The fourth-order valence-corrected chi connectivity index (χ4v) is 4.57. The second kappa shape index (κ2) is 5.55. The average molecular weight is 321 g/mol. The van der Waals surface area contributed by atoms with Crippen LogP contribution in [-0.2, 0) is 4.74 Å². The van der Waals surface area contributed by atoms with E-state index in [1.807, 2.05) is 16.7 Å². The zero-order valence-corrected chi connectivity index (χ0v) is 12.7. The van der Waals surface area contributed by atoms with Crippen LogP contribution in [0, 0.1) is 5.82 Å². The Kier molecular flexibility index (Phi) is 3.54. The molecule has 2 atom stereocenters. The lowest BCUT2D eigenvalue weighted by molar-refractivity contribution is 0.0320. The van der Waals surface area contributed by atoms with E-state index >= 15 is 0 Å². The molecule has 2 aromatic rings. The summed E-state index contributed by atoms with van der Waals surface area (Å²) in [7, 11) is 0. The summed E-state index contributed by atoms with van der Waals surface area (Å²) in [4.78, 5) is 21.9. The third-order valence-corrected chi connectivity index (χ3v) is 5.61. The van der Waals surface area contributed by atoms with Gasteiger partial charge in [0.15, 0.2) is 0 Å². The van der Waals surface area contributed by atoms with E-state index in [-0.39, 0.29) is 11.9 Å². The van der Waals surface area contributed by atoms with E-state index in [1.165, 1.54) is 18.5 Å². The first-order chi connectivity index (χ1) is 10.7. The van der Waals surface area contributed by atoms with Crippen LogP contribution in [0.15, 0.2) is 18.5 Å². The first-order valence-corrected chi connectivity index (χ1v) is 8.42. The summed E-state index contributed by atoms with van der Waals surface area (Å²) in [6, 6.07) is 2.82. The molecule has 1 aromatic heterocycles. The van der Waals surface area contributed by atoms with Crippen LogP contribution in [0.4, 0.5) is 4.39 Å². The first-order valence-electron chi connectivity index (χ1n) is 7.37. The minimum atomic E-state index is -0.421. The molecule has 3 heterocycles.